The van der Waals surface area contributed by atoms with Crippen LogP contribution >= 0.6 is 0 Å². The van der Waals surface area contributed by atoms with Crippen molar-refractivity contribution in [3.63, 3.8) is 0 Å². The van der Waals surface area contributed by atoms with Gasteiger partial charge >= 0.3 is 0 Å². The molecule has 0 N–H and O–H groups in total. The van der Waals surface area contributed by atoms with Gasteiger partial charge in [-0.3, -0.25) is 0 Å². The zero-order valence-corrected chi connectivity index (χ0v) is 10.6. The van der Waals surface area contributed by atoms with Crippen LogP contribution in [0.1, 0.15) is 20.8 Å². The van der Waals surface area contributed by atoms with Crippen molar-refractivity contribution in [3.8, 4) is 16.9 Å². The smallest absolute Gasteiger partial charge is 0.127 e. The molecule has 88 valence electrons. The van der Waals surface area contributed by atoms with Crippen molar-refractivity contribution in [3.05, 3.63) is 54.6 Å². The standard InChI is InChI=1S/C16H18O/c1-16(2,3)17-15-12-8-7-11-14(15)13-9-5-4-6-10-13/h4-12H,1-3H3. The second kappa shape index (κ2) is 4.62. The molecule has 2 rings (SSSR count). The van der Waals surface area contributed by atoms with E-state index in [9.17, 15) is 0 Å². The molecule has 0 amide bonds. The van der Waals surface area contributed by atoms with Gasteiger partial charge in [0.05, 0.1) is 0 Å². The first-order chi connectivity index (χ1) is 8.06. The van der Waals surface area contributed by atoms with Gasteiger partial charge in [-0.15, -0.1) is 0 Å². The molecule has 0 saturated carbocycles. The third kappa shape index (κ3) is 3.10. The minimum absolute atomic E-state index is 0.176. The molecule has 17 heavy (non-hydrogen) atoms. The van der Waals surface area contributed by atoms with Gasteiger partial charge in [0, 0.05) is 5.56 Å². The Morgan fingerprint density at radius 2 is 1.35 bits per heavy atom. The highest BCUT2D eigenvalue weighted by molar-refractivity contribution is 5.70. The highest BCUT2D eigenvalue weighted by Gasteiger charge is 2.14. The summed E-state index contributed by atoms with van der Waals surface area (Å²) in [7, 11) is 0. The van der Waals surface area contributed by atoms with E-state index in [4.69, 9.17) is 4.74 Å². The molecular formula is C16H18O. The third-order valence-corrected chi connectivity index (χ3v) is 2.39. The molecule has 1 nitrogen and oxygen atoms in total. The van der Waals surface area contributed by atoms with E-state index in [-0.39, 0.29) is 5.60 Å². The fraction of sp³-hybridized carbons (Fsp3) is 0.250. The van der Waals surface area contributed by atoms with Gasteiger partial charge in [0.2, 0.25) is 0 Å². The Morgan fingerprint density at radius 3 is 2.00 bits per heavy atom. The van der Waals surface area contributed by atoms with E-state index in [1.54, 1.807) is 0 Å². The van der Waals surface area contributed by atoms with Crippen molar-refractivity contribution < 1.29 is 4.74 Å². The van der Waals surface area contributed by atoms with E-state index in [1.165, 1.54) is 5.56 Å². The summed E-state index contributed by atoms with van der Waals surface area (Å²) < 4.78 is 5.99. The van der Waals surface area contributed by atoms with Crippen LogP contribution < -0.4 is 4.74 Å². The Labute approximate surface area is 103 Å². The van der Waals surface area contributed by atoms with Gasteiger partial charge in [0.1, 0.15) is 11.4 Å². The summed E-state index contributed by atoms with van der Waals surface area (Å²) in [6.07, 6.45) is 0. The normalized spacial score (nSPS) is 11.2. The van der Waals surface area contributed by atoms with E-state index in [2.05, 4.69) is 39.0 Å². The molecule has 0 fully saturated rings. The Kier molecular flexibility index (Phi) is 3.19. The predicted molar refractivity (Wildman–Crippen MR) is 72.3 cm³/mol. The van der Waals surface area contributed by atoms with Gasteiger partial charge in [0.25, 0.3) is 0 Å². The first-order valence-corrected chi connectivity index (χ1v) is 5.90. The molecular weight excluding hydrogens is 208 g/mol. The van der Waals surface area contributed by atoms with Crippen LogP contribution in [0.2, 0.25) is 0 Å². The summed E-state index contributed by atoms with van der Waals surface area (Å²) >= 11 is 0. The Bertz CT molecular complexity index is 480. The zero-order chi connectivity index (χ0) is 12.3. The topological polar surface area (TPSA) is 9.23 Å². The first kappa shape index (κ1) is 11.7. The third-order valence-electron chi connectivity index (χ3n) is 2.39. The van der Waals surface area contributed by atoms with Crippen molar-refractivity contribution in [2.45, 2.75) is 26.4 Å². The molecule has 0 unspecified atom stereocenters. The molecule has 0 radical (unpaired) electrons. The molecule has 0 spiro atoms. The van der Waals surface area contributed by atoms with Crippen LogP contribution in [0, 0.1) is 0 Å². The summed E-state index contributed by atoms with van der Waals surface area (Å²) in [4.78, 5) is 0. The first-order valence-electron chi connectivity index (χ1n) is 5.90. The van der Waals surface area contributed by atoms with Crippen LogP contribution in [0.5, 0.6) is 5.75 Å². The minimum Gasteiger partial charge on any atom is -0.488 e. The maximum absolute atomic E-state index is 5.99. The van der Waals surface area contributed by atoms with E-state index in [0.29, 0.717) is 0 Å². The molecule has 0 atom stereocenters. The van der Waals surface area contributed by atoms with Crippen molar-refractivity contribution in [1.82, 2.24) is 0 Å². The average Bonchev–Trinajstić information content (AvgIpc) is 2.29. The van der Waals surface area contributed by atoms with Gasteiger partial charge in [-0.05, 0) is 32.4 Å². The van der Waals surface area contributed by atoms with Crippen LogP contribution in [-0.2, 0) is 0 Å². The maximum atomic E-state index is 5.99. The molecule has 0 saturated heterocycles. The van der Waals surface area contributed by atoms with Gasteiger partial charge < -0.3 is 4.74 Å². The average molecular weight is 226 g/mol. The number of hydrogen-bond acceptors (Lipinski definition) is 1. The van der Waals surface area contributed by atoms with Crippen molar-refractivity contribution in [1.29, 1.82) is 0 Å². The quantitative estimate of drug-likeness (QED) is 0.731. The van der Waals surface area contributed by atoms with Crippen LogP contribution in [0.25, 0.3) is 11.1 Å². The van der Waals surface area contributed by atoms with E-state index in [0.717, 1.165) is 11.3 Å². The Balaban J connectivity index is 2.41. The predicted octanol–water partition coefficient (Wildman–Crippen LogP) is 4.53. The SMILES string of the molecule is CC(C)(C)Oc1ccccc1-c1ccccc1. The summed E-state index contributed by atoms with van der Waals surface area (Å²) in [5.41, 5.74) is 2.15. The fourth-order valence-electron chi connectivity index (χ4n) is 1.74. The molecule has 0 aromatic heterocycles. The van der Waals surface area contributed by atoms with E-state index >= 15 is 0 Å². The molecule has 0 aliphatic carbocycles. The number of hydrogen-bond donors (Lipinski definition) is 0. The van der Waals surface area contributed by atoms with Crippen LogP contribution in [-0.4, -0.2) is 5.60 Å². The lowest BCUT2D eigenvalue weighted by atomic mass is 10.0. The van der Waals surface area contributed by atoms with Gasteiger partial charge in [0.15, 0.2) is 0 Å². The van der Waals surface area contributed by atoms with Crippen LogP contribution in [0.4, 0.5) is 0 Å². The van der Waals surface area contributed by atoms with E-state index in [1.807, 2.05) is 36.4 Å². The lowest BCUT2D eigenvalue weighted by Crippen LogP contribution is -2.23. The number of para-hydroxylation sites is 1. The molecule has 1 heteroatoms. The maximum Gasteiger partial charge on any atom is 0.127 e. The molecule has 0 bridgehead atoms. The van der Waals surface area contributed by atoms with Gasteiger partial charge in [-0.2, -0.15) is 0 Å². The van der Waals surface area contributed by atoms with E-state index < -0.39 is 0 Å². The minimum atomic E-state index is -0.176. The lowest BCUT2D eigenvalue weighted by Gasteiger charge is -2.23. The van der Waals surface area contributed by atoms with Gasteiger partial charge in [-0.25, -0.2) is 0 Å². The largest absolute Gasteiger partial charge is 0.488 e. The van der Waals surface area contributed by atoms with Gasteiger partial charge in [-0.1, -0.05) is 48.5 Å². The Hall–Kier alpha value is -1.76. The summed E-state index contributed by atoms with van der Waals surface area (Å²) in [6.45, 7) is 6.19. The zero-order valence-electron chi connectivity index (χ0n) is 10.6. The fourth-order valence-corrected chi connectivity index (χ4v) is 1.74. The monoisotopic (exact) mass is 226 g/mol. The number of rotatable bonds is 2. The van der Waals surface area contributed by atoms with Crippen molar-refractivity contribution in [2.24, 2.45) is 0 Å². The van der Waals surface area contributed by atoms with Crippen LogP contribution in [0.15, 0.2) is 54.6 Å². The number of benzene rings is 2. The summed E-state index contributed by atoms with van der Waals surface area (Å²) in [5.74, 6) is 0.936. The summed E-state index contributed by atoms with van der Waals surface area (Å²) in [5, 5.41) is 0. The summed E-state index contributed by atoms with van der Waals surface area (Å²) in [6, 6.07) is 18.5. The number of ether oxygens (including phenoxy) is 1. The molecule has 2 aromatic rings. The molecule has 0 heterocycles. The highest BCUT2D eigenvalue weighted by atomic mass is 16.5. The second-order valence-corrected chi connectivity index (χ2v) is 5.08. The molecule has 0 aliphatic heterocycles. The van der Waals surface area contributed by atoms with Crippen molar-refractivity contribution in [2.75, 3.05) is 0 Å². The van der Waals surface area contributed by atoms with Crippen LogP contribution in [0.3, 0.4) is 0 Å². The Morgan fingerprint density at radius 1 is 0.765 bits per heavy atom. The highest BCUT2D eigenvalue weighted by Crippen LogP contribution is 2.31. The molecule has 2 aromatic carbocycles. The second-order valence-electron chi connectivity index (χ2n) is 5.08. The lowest BCUT2D eigenvalue weighted by molar-refractivity contribution is 0.132. The van der Waals surface area contributed by atoms with Crippen molar-refractivity contribution >= 4 is 0 Å². The molecule has 0 aliphatic rings.